The van der Waals surface area contributed by atoms with E-state index in [9.17, 15) is 5.11 Å². The Morgan fingerprint density at radius 1 is 1.62 bits per heavy atom. The fourth-order valence-corrected chi connectivity index (χ4v) is 1.02. The Balaban J connectivity index is 2.74. The Morgan fingerprint density at radius 2 is 2.38 bits per heavy atom. The lowest BCUT2D eigenvalue weighted by molar-refractivity contribution is 0.190. The number of hydrogen-bond donors (Lipinski definition) is 1. The van der Waals surface area contributed by atoms with Crippen molar-refractivity contribution in [2.45, 2.75) is 19.4 Å². The molecule has 0 radical (unpaired) electrons. The molecule has 1 N–H and O–H groups in total. The van der Waals surface area contributed by atoms with Crippen molar-refractivity contribution in [1.82, 2.24) is 4.98 Å². The van der Waals surface area contributed by atoms with Crippen molar-refractivity contribution in [3.05, 3.63) is 41.0 Å². The van der Waals surface area contributed by atoms with Crippen molar-refractivity contribution >= 4 is 0 Å². The zero-order valence-corrected chi connectivity index (χ0v) is 7.57. The molecule has 0 aromatic carbocycles. The molecule has 3 nitrogen and oxygen atoms in total. The molecule has 13 heavy (non-hydrogen) atoms. The summed E-state index contributed by atoms with van der Waals surface area (Å²) < 4.78 is 0. The largest absolute Gasteiger partial charge is 0.379 e. The van der Waals surface area contributed by atoms with Crippen LogP contribution in [-0.4, -0.2) is 16.6 Å². The van der Waals surface area contributed by atoms with E-state index in [0.29, 0.717) is 5.69 Å². The maximum Gasteiger partial charge on any atom is 0.245 e. The molecule has 0 bridgehead atoms. The summed E-state index contributed by atoms with van der Waals surface area (Å²) in [6.45, 7) is 8.73. The second kappa shape index (κ2) is 4.58. The van der Waals surface area contributed by atoms with Gasteiger partial charge in [-0.05, 0) is 18.1 Å². The number of aliphatic hydroxyl groups excluding tert-OH is 1. The molecular formula is C10H12N2O. The Bertz CT molecular complexity index is 300. The third-order valence-corrected chi connectivity index (χ3v) is 1.86. The smallest absolute Gasteiger partial charge is 0.245 e. The monoisotopic (exact) mass is 176 g/mol. The number of aromatic nitrogens is 1. The summed E-state index contributed by atoms with van der Waals surface area (Å²) in [5.41, 5.74) is 1.71. The Kier molecular flexibility index (Phi) is 3.41. The van der Waals surface area contributed by atoms with Gasteiger partial charge >= 0.3 is 0 Å². The Labute approximate surface area is 77.9 Å². The lowest BCUT2D eigenvalue weighted by atomic mass is 10.2. The van der Waals surface area contributed by atoms with E-state index in [-0.39, 0.29) is 6.54 Å². The average Bonchev–Trinajstić information content (AvgIpc) is 2.18. The van der Waals surface area contributed by atoms with E-state index in [0.717, 1.165) is 12.0 Å². The van der Waals surface area contributed by atoms with Crippen molar-refractivity contribution in [1.29, 1.82) is 0 Å². The Hall–Kier alpha value is -1.40. The topological polar surface area (TPSA) is 37.5 Å². The van der Waals surface area contributed by atoms with Crippen molar-refractivity contribution in [2.75, 3.05) is 6.54 Å². The lowest BCUT2D eigenvalue weighted by Gasteiger charge is -2.03. The quantitative estimate of drug-likeness (QED) is 0.710. The van der Waals surface area contributed by atoms with Gasteiger partial charge in [-0.25, -0.2) is 6.57 Å². The highest BCUT2D eigenvalue weighted by Gasteiger charge is 2.10. The predicted molar refractivity (Wildman–Crippen MR) is 50.0 cm³/mol. The first kappa shape index (κ1) is 9.69. The van der Waals surface area contributed by atoms with Crippen molar-refractivity contribution in [3.63, 3.8) is 0 Å². The fraction of sp³-hybridized carbons (Fsp3) is 0.400. The van der Waals surface area contributed by atoms with E-state index < -0.39 is 6.10 Å². The summed E-state index contributed by atoms with van der Waals surface area (Å²) in [5.74, 6) is 0. The standard InChI is InChI=1S/C10H12N2O/c1-3-8-4-5-9(12-6-8)10(13)7-11-2/h4-6,10,13H,3,7H2,1H3. The first-order valence-electron chi connectivity index (χ1n) is 4.24. The van der Waals surface area contributed by atoms with Gasteiger partial charge in [0.2, 0.25) is 6.54 Å². The molecule has 0 amide bonds. The number of aryl methyl sites for hydroxylation is 1. The predicted octanol–water partition coefficient (Wildman–Crippen LogP) is 1.60. The van der Waals surface area contributed by atoms with Gasteiger partial charge in [0, 0.05) is 6.20 Å². The van der Waals surface area contributed by atoms with Crippen LogP contribution >= 0.6 is 0 Å². The van der Waals surface area contributed by atoms with Gasteiger partial charge < -0.3 is 9.95 Å². The summed E-state index contributed by atoms with van der Waals surface area (Å²) >= 11 is 0. The maximum absolute atomic E-state index is 9.41. The van der Waals surface area contributed by atoms with Crippen LogP contribution in [0.3, 0.4) is 0 Å². The van der Waals surface area contributed by atoms with Gasteiger partial charge in [-0.1, -0.05) is 13.0 Å². The van der Waals surface area contributed by atoms with Crippen molar-refractivity contribution < 1.29 is 5.11 Å². The van der Waals surface area contributed by atoms with Crippen molar-refractivity contribution in [2.24, 2.45) is 0 Å². The molecule has 0 spiro atoms. The number of pyridine rings is 1. The SMILES string of the molecule is [C-]#[N+]CC(O)c1ccc(CC)cn1. The molecule has 0 fully saturated rings. The minimum atomic E-state index is -0.747. The third kappa shape index (κ3) is 2.53. The number of hydrogen-bond acceptors (Lipinski definition) is 2. The molecule has 1 rings (SSSR count). The maximum atomic E-state index is 9.41. The number of nitrogens with zero attached hydrogens (tertiary/aromatic N) is 2. The molecule has 0 saturated carbocycles. The van der Waals surface area contributed by atoms with Gasteiger partial charge in [0.1, 0.15) is 0 Å². The van der Waals surface area contributed by atoms with Crippen molar-refractivity contribution in [3.8, 4) is 0 Å². The van der Waals surface area contributed by atoms with Crippen LogP contribution in [0.4, 0.5) is 0 Å². The first-order valence-corrected chi connectivity index (χ1v) is 4.24. The third-order valence-electron chi connectivity index (χ3n) is 1.86. The molecule has 1 aromatic heterocycles. The van der Waals surface area contributed by atoms with Gasteiger partial charge in [-0.15, -0.1) is 0 Å². The highest BCUT2D eigenvalue weighted by molar-refractivity contribution is 5.15. The minimum absolute atomic E-state index is 0.0818. The molecule has 1 aromatic rings. The van der Waals surface area contributed by atoms with Crippen LogP contribution in [0.2, 0.25) is 0 Å². The molecule has 1 heterocycles. The minimum Gasteiger partial charge on any atom is -0.379 e. The highest BCUT2D eigenvalue weighted by atomic mass is 16.3. The van der Waals surface area contributed by atoms with E-state index in [1.54, 1.807) is 12.3 Å². The van der Waals surface area contributed by atoms with E-state index >= 15 is 0 Å². The molecular weight excluding hydrogens is 164 g/mol. The number of aliphatic hydroxyl groups is 1. The molecule has 1 unspecified atom stereocenters. The van der Waals surface area contributed by atoms with Crippen LogP contribution in [0.1, 0.15) is 24.3 Å². The van der Waals surface area contributed by atoms with E-state index in [4.69, 9.17) is 6.57 Å². The zero-order valence-electron chi connectivity index (χ0n) is 7.57. The summed E-state index contributed by atoms with van der Waals surface area (Å²) in [6, 6.07) is 3.70. The fourth-order valence-electron chi connectivity index (χ4n) is 1.02. The van der Waals surface area contributed by atoms with Crippen LogP contribution in [-0.2, 0) is 6.42 Å². The van der Waals surface area contributed by atoms with E-state index in [2.05, 4.69) is 9.83 Å². The second-order valence-corrected chi connectivity index (χ2v) is 2.80. The number of rotatable bonds is 3. The highest BCUT2D eigenvalue weighted by Crippen LogP contribution is 2.10. The lowest BCUT2D eigenvalue weighted by Crippen LogP contribution is -2.02. The van der Waals surface area contributed by atoms with Gasteiger partial charge in [0.25, 0.3) is 0 Å². The van der Waals surface area contributed by atoms with E-state index in [1.807, 2.05) is 13.0 Å². The van der Waals surface area contributed by atoms with Crippen LogP contribution in [0.5, 0.6) is 0 Å². The van der Waals surface area contributed by atoms with Gasteiger partial charge in [0.05, 0.1) is 5.69 Å². The normalized spacial score (nSPS) is 12.1. The molecule has 0 aliphatic rings. The summed E-state index contributed by atoms with van der Waals surface area (Å²) in [7, 11) is 0. The first-order chi connectivity index (χ1) is 6.27. The van der Waals surface area contributed by atoms with Gasteiger partial charge in [0.15, 0.2) is 6.10 Å². The average molecular weight is 176 g/mol. The summed E-state index contributed by atoms with van der Waals surface area (Å²) in [4.78, 5) is 7.19. The molecule has 0 aliphatic carbocycles. The molecule has 68 valence electrons. The zero-order chi connectivity index (χ0) is 9.68. The molecule has 3 heteroatoms. The molecule has 0 saturated heterocycles. The summed E-state index contributed by atoms with van der Waals surface area (Å²) in [6.07, 6.45) is 1.93. The summed E-state index contributed by atoms with van der Waals surface area (Å²) in [5, 5.41) is 9.41. The van der Waals surface area contributed by atoms with Crippen LogP contribution in [0.15, 0.2) is 18.3 Å². The second-order valence-electron chi connectivity index (χ2n) is 2.80. The molecule has 0 aliphatic heterocycles. The van der Waals surface area contributed by atoms with E-state index in [1.165, 1.54) is 0 Å². The van der Waals surface area contributed by atoms with Crippen LogP contribution < -0.4 is 0 Å². The van der Waals surface area contributed by atoms with Gasteiger partial charge in [-0.3, -0.25) is 4.98 Å². The van der Waals surface area contributed by atoms with Crippen LogP contribution in [0, 0.1) is 6.57 Å². The Morgan fingerprint density at radius 3 is 2.85 bits per heavy atom. The van der Waals surface area contributed by atoms with Crippen LogP contribution in [0.25, 0.3) is 4.85 Å². The molecule has 1 atom stereocenters. The van der Waals surface area contributed by atoms with Gasteiger partial charge in [-0.2, -0.15) is 0 Å².